The molecule has 0 amide bonds. The molecular weight excluding hydrogens is 192 g/mol. The van der Waals surface area contributed by atoms with Crippen LogP contribution in [0, 0.1) is 5.53 Å². The Balaban J connectivity index is 3.77. The first-order valence-corrected chi connectivity index (χ1v) is 3.72. The predicted molar refractivity (Wildman–Crippen MR) is 44.8 cm³/mol. The van der Waals surface area contributed by atoms with Crippen molar-refractivity contribution in [1.82, 2.24) is 5.17 Å². The summed E-state index contributed by atoms with van der Waals surface area (Å²) in [5, 5.41) is 10.1. The van der Waals surface area contributed by atoms with Crippen LogP contribution in [0.5, 0.6) is 0 Å². The van der Waals surface area contributed by atoms with Crippen LogP contribution >= 0.6 is 0 Å². The van der Waals surface area contributed by atoms with E-state index in [9.17, 15) is 0 Å². The lowest BCUT2D eigenvalue weighted by molar-refractivity contribution is -0.154. The summed E-state index contributed by atoms with van der Waals surface area (Å²) in [6.07, 6.45) is -0.555. The molecule has 0 aromatic heterocycles. The Morgan fingerprint density at radius 3 is 2.71 bits per heavy atom. The summed E-state index contributed by atoms with van der Waals surface area (Å²) in [6, 6.07) is 0. The van der Waals surface area contributed by atoms with E-state index in [0.29, 0.717) is 0 Å². The van der Waals surface area contributed by atoms with E-state index in [1.54, 1.807) is 0 Å². The number of hydroxylamine groups is 1. The molecule has 0 aliphatic carbocycles. The molecule has 0 fully saturated rings. The quantitative estimate of drug-likeness (QED) is 0.472. The Bertz CT molecular complexity index is 175. The van der Waals surface area contributed by atoms with Gasteiger partial charge in [0.25, 0.3) is 0 Å². The third-order valence-corrected chi connectivity index (χ3v) is 1.06. The zero-order valence-corrected chi connectivity index (χ0v) is 8.01. The Morgan fingerprint density at radius 1 is 1.50 bits per heavy atom. The molecule has 0 bridgehead atoms. The standard InChI is InChI=1S/C5H13N6O3/c1-8-10-14-5(3-12-9-6)4-13-11(2)7/h5-7H,3-4H2,1-2H3/q-1. The summed E-state index contributed by atoms with van der Waals surface area (Å²) in [4.78, 5) is 14.0. The molecule has 0 saturated carbocycles. The average Bonchev–Trinajstić information content (AvgIpc) is 2.16. The number of hydrogen-bond acceptors (Lipinski definition) is 8. The molecule has 0 saturated heterocycles. The summed E-state index contributed by atoms with van der Waals surface area (Å²) in [7, 11) is 2.86. The van der Waals surface area contributed by atoms with Gasteiger partial charge in [0.1, 0.15) is 6.61 Å². The Hall–Kier alpha value is -1.32. The zero-order chi connectivity index (χ0) is 10.8. The van der Waals surface area contributed by atoms with Crippen molar-refractivity contribution in [3.63, 3.8) is 0 Å². The van der Waals surface area contributed by atoms with Gasteiger partial charge in [-0.25, -0.2) is 0 Å². The summed E-state index contributed by atoms with van der Waals surface area (Å²) in [6.45, 7) is 0.0743. The van der Waals surface area contributed by atoms with Crippen molar-refractivity contribution in [2.75, 3.05) is 27.3 Å². The van der Waals surface area contributed by atoms with Crippen LogP contribution in [0.4, 0.5) is 0 Å². The normalized spacial score (nSPS) is 13.1. The van der Waals surface area contributed by atoms with Crippen molar-refractivity contribution in [2.45, 2.75) is 6.10 Å². The molecule has 2 N–H and O–H groups in total. The second-order valence-electron chi connectivity index (χ2n) is 2.19. The molecule has 0 heterocycles. The van der Waals surface area contributed by atoms with Crippen molar-refractivity contribution in [3.8, 4) is 0 Å². The second-order valence-corrected chi connectivity index (χ2v) is 2.19. The van der Waals surface area contributed by atoms with Gasteiger partial charge in [0, 0.05) is 10.6 Å². The molecule has 0 aromatic carbocycles. The maximum absolute atomic E-state index is 6.93. The third-order valence-electron chi connectivity index (χ3n) is 1.06. The largest absolute Gasteiger partial charge is 0.584 e. The first kappa shape index (κ1) is 12.7. The minimum Gasteiger partial charge on any atom is -0.584 e. The van der Waals surface area contributed by atoms with Crippen LogP contribution in [0.1, 0.15) is 0 Å². The first-order chi connectivity index (χ1) is 6.70. The van der Waals surface area contributed by atoms with E-state index in [1.807, 2.05) is 0 Å². The molecule has 0 radical (unpaired) electrons. The lowest BCUT2D eigenvalue weighted by Crippen LogP contribution is -2.26. The van der Waals surface area contributed by atoms with Gasteiger partial charge >= 0.3 is 0 Å². The monoisotopic (exact) mass is 205 g/mol. The summed E-state index contributed by atoms with van der Waals surface area (Å²) in [5.41, 5.74) is 6.39. The maximum atomic E-state index is 6.93. The number of nitrogens with zero attached hydrogens (tertiary/aromatic N) is 4. The van der Waals surface area contributed by atoms with Crippen molar-refractivity contribution < 1.29 is 14.5 Å². The molecule has 9 nitrogen and oxygen atoms in total. The molecule has 0 aliphatic heterocycles. The Labute approximate surface area is 81.2 Å². The fourth-order valence-electron chi connectivity index (χ4n) is 0.538. The summed E-state index contributed by atoms with van der Waals surface area (Å²) in [5.74, 6) is 6.93. The van der Waals surface area contributed by atoms with E-state index in [2.05, 4.69) is 20.5 Å². The highest BCUT2D eigenvalue weighted by Crippen LogP contribution is 1.98. The number of nitrogens with one attached hydrogen (secondary N) is 2. The molecule has 14 heavy (non-hydrogen) atoms. The topological polar surface area (TPSA) is 116 Å². The van der Waals surface area contributed by atoms with Crippen LogP contribution in [0.15, 0.2) is 15.7 Å². The maximum Gasteiger partial charge on any atom is 0.190 e. The van der Waals surface area contributed by atoms with E-state index in [1.165, 1.54) is 14.1 Å². The van der Waals surface area contributed by atoms with E-state index < -0.39 is 6.10 Å². The van der Waals surface area contributed by atoms with Gasteiger partial charge in [-0.1, -0.05) is 0 Å². The van der Waals surface area contributed by atoms with Gasteiger partial charge in [0.05, 0.1) is 7.05 Å². The smallest absolute Gasteiger partial charge is 0.190 e. The fourth-order valence-corrected chi connectivity index (χ4v) is 0.538. The van der Waals surface area contributed by atoms with Crippen LogP contribution < -0.4 is 0 Å². The lowest BCUT2D eigenvalue weighted by atomic mass is 10.4. The van der Waals surface area contributed by atoms with Gasteiger partial charge in [-0.3, -0.25) is 5.17 Å². The van der Waals surface area contributed by atoms with Crippen molar-refractivity contribution in [2.24, 2.45) is 15.7 Å². The molecule has 0 rings (SSSR count). The van der Waals surface area contributed by atoms with Gasteiger partial charge in [-0.2, -0.15) is 10.6 Å². The highest BCUT2D eigenvalue weighted by atomic mass is 16.7. The zero-order valence-electron chi connectivity index (χ0n) is 8.01. The van der Waals surface area contributed by atoms with Crippen LogP contribution in [0.2, 0.25) is 0 Å². The van der Waals surface area contributed by atoms with Crippen LogP contribution in [0.25, 0.3) is 5.84 Å². The molecular formula is C5H13N6O3-. The molecule has 1 atom stereocenters. The molecule has 0 spiro atoms. The molecule has 0 aromatic rings. The van der Waals surface area contributed by atoms with Gasteiger partial charge in [0.15, 0.2) is 12.7 Å². The van der Waals surface area contributed by atoms with Gasteiger partial charge in [-0.15, -0.1) is 0 Å². The van der Waals surface area contributed by atoms with Crippen LogP contribution in [-0.4, -0.2) is 38.6 Å². The minimum atomic E-state index is -0.555. The third kappa shape index (κ3) is 7.34. The van der Waals surface area contributed by atoms with E-state index in [4.69, 9.17) is 21.0 Å². The Morgan fingerprint density at radius 2 is 2.21 bits per heavy atom. The number of hydrogen-bond donors (Lipinski definition) is 1. The first-order valence-electron chi connectivity index (χ1n) is 3.72. The molecule has 1 unspecified atom stereocenters. The SMILES string of the molecule is CN=NOC(CON=N)CON(C)[NH-]. The van der Waals surface area contributed by atoms with Gasteiger partial charge in [-0.05, 0) is 7.05 Å². The summed E-state index contributed by atoms with van der Waals surface area (Å²) < 4.78 is 0. The molecule has 0 aliphatic rings. The van der Waals surface area contributed by atoms with Crippen LogP contribution in [0.3, 0.4) is 0 Å². The van der Waals surface area contributed by atoms with Crippen molar-refractivity contribution >= 4 is 0 Å². The van der Waals surface area contributed by atoms with E-state index >= 15 is 0 Å². The average molecular weight is 205 g/mol. The predicted octanol–water partition coefficient (Wildman–Crippen LogP) is 1.16. The van der Waals surface area contributed by atoms with E-state index in [0.717, 1.165) is 5.17 Å². The number of rotatable bonds is 8. The molecule has 9 heteroatoms. The van der Waals surface area contributed by atoms with Crippen molar-refractivity contribution in [1.29, 1.82) is 5.53 Å². The van der Waals surface area contributed by atoms with Gasteiger partial charge < -0.3 is 20.4 Å². The molecule has 82 valence electrons. The second kappa shape index (κ2) is 8.29. The van der Waals surface area contributed by atoms with Crippen molar-refractivity contribution in [3.05, 3.63) is 5.84 Å². The van der Waals surface area contributed by atoms with Crippen LogP contribution in [-0.2, 0) is 14.5 Å². The highest BCUT2D eigenvalue weighted by Gasteiger charge is 2.11. The van der Waals surface area contributed by atoms with E-state index in [-0.39, 0.29) is 13.2 Å². The van der Waals surface area contributed by atoms with Gasteiger partial charge in [0.2, 0.25) is 0 Å². The lowest BCUT2D eigenvalue weighted by Gasteiger charge is -2.21. The fraction of sp³-hybridized carbons (Fsp3) is 1.00. The Kier molecular flexibility index (Phi) is 7.50. The summed E-state index contributed by atoms with van der Waals surface area (Å²) >= 11 is 0. The minimum absolute atomic E-state index is 0.0103. The highest BCUT2D eigenvalue weighted by molar-refractivity contribution is 4.52.